The van der Waals surface area contributed by atoms with Crippen molar-refractivity contribution in [3.8, 4) is 0 Å². The minimum absolute atomic E-state index is 0.641. The van der Waals surface area contributed by atoms with E-state index >= 15 is 0 Å². The monoisotopic (exact) mass is 212 g/mol. The van der Waals surface area contributed by atoms with E-state index in [9.17, 15) is 0 Å². The molecule has 0 spiro atoms. The molecule has 1 unspecified atom stereocenters. The normalized spacial score (nSPS) is 21.6. The van der Waals surface area contributed by atoms with Gasteiger partial charge in [0, 0.05) is 31.0 Å². The molecule has 2 rings (SSSR count). The van der Waals surface area contributed by atoms with Crippen molar-refractivity contribution >= 4 is 12.2 Å². The molecule has 1 N–H and O–H groups in total. The van der Waals surface area contributed by atoms with E-state index in [1.165, 1.54) is 5.69 Å². The SMILES string of the molecule is CCc1c[nH]c(=S)n1CC1CCOC1. The Morgan fingerprint density at radius 3 is 3.21 bits per heavy atom. The maximum Gasteiger partial charge on any atom is 0.177 e. The van der Waals surface area contributed by atoms with Gasteiger partial charge in [-0.2, -0.15) is 0 Å². The van der Waals surface area contributed by atoms with E-state index in [-0.39, 0.29) is 0 Å². The van der Waals surface area contributed by atoms with Crippen molar-refractivity contribution in [2.24, 2.45) is 5.92 Å². The molecule has 0 amide bonds. The quantitative estimate of drug-likeness (QED) is 0.778. The number of hydrogen-bond donors (Lipinski definition) is 1. The summed E-state index contributed by atoms with van der Waals surface area (Å²) in [4.78, 5) is 3.10. The van der Waals surface area contributed by atoms with Crippen LogP contribution in [0.2, 0.25) is 0 Å². The molecule has 14 heavy (non-hydrogen) atoms. The Balaban J connectivity index is 2.13. The van der Waals surface area contributed by atoms with Crippen LogP contribution in [0.15, 0.2) is 6.20 Å². The first-order chi connectivity index (χ1) is 6.81. The van der Waals surface area contributed by atoms with Crippen molar-refractivity contribution in [3.63, 3.8) is 0 Å². The zero-order valence-electron chi connectivity index (χ0n) is 8.45. The molecule has 1 aliphatic rings. The van der Waals surface area contributed by atoms with Gasteiger partial charge in [-0.3, -0.25) is 0 Å². The van der Waals surface area contributed by atoms with Crippen molar-refractivity contribution in [1.82, 2.24) is 9.55 Å². The van der Waals surface area contributed by atoms with Crippen LogP contribution in [0.1, 0.15) is 19.0 Å². The van der Waals surface area contributed by atoms with Gasteiger partial charge in [-0.25, -0.2) is 0 Å². The Labute approximate surface area is 89.1 Å². The molecule has 1 aromatic heterocycles. The Bertz CT molecular complexity index is 349. The second kappa shape index (κ2) is 4.28. The molecular formula is C10H16N2OS. The van der Waals surface area contributed by atoms with Crippen LogP contribution in [0.25, 0.3) is 0 Å². The molecule has 0 saturated carbocycles. The van der Waals surface area contributed by atoms with E-state index in [0.717, 1.165) is 37.4 Å². The molecular weight excluding hydrogens is 196 g/mol. The number of nitrogens with one attached hydrogen (secondary N) is 1. The van der Waals surface area contributed by atoms with Crippen LogP contribution in [0.3, 0.4) is 0 Å². The lowest BCUT2D eigenvalue weighted by molar-refractivity contribution is 0.182. The Morgan fingerprint density at radius 1 is 1.71 bits per heavy atom. The first kappa shape index (κ1) is 9.93. The molecule has 1 fully saturated rings. The molecule has 0 bridgehead atoms. The van der Waals surface area contributed by atoms with Gasteiger partial charge in [0.25, 0.3) is 0 Å². The minimum atomic E-state index is 0.641. The van der Waals surface area contributed by atoms with Crippen molar-refractivity contribution in [2.45, 2.75) is 26.3 Å². The van der Waals surface area contributed by atoms with Crippen molar-refractivity contribution < 1.29 is 4.74 Å². The van der Waals surface area contributed by atoms with Crippen LogP contribution in [0.5, 0.6) is 0 Å². The van der Waals surface area contributed by atoms with Crippen LogP contribution < -0.4 is 0 Å². The number of aromatic amines is 1. The lowest BCUT2D eigenvalue weighted by Crippen LogP contribution is -2.12. The largest absolute Gasteiger partial charge is 0.381 e. The third-order valence-corrected chi connectivity index (χ3v) is 3.12. The molecule has 1 aromatic rings. The predicted octanol–water partition coefficient (Wildman–Crippen LogP) is 2.14. The van der Waals surface area contributed by atoms with Crippen molar-refractivity contribution in [2.75, 3.05) is 13.2 Å². The van der Waals surface area contributed by atoms with Crippen LogP contribution >= 0.6 is 12.2 Å². The topological polar surface area (TPSA) is 29.9 Å². The van der Waals surface area contributed by atoms with E-state index in [4.69, 9.17) is 17.0 Å². The standard InChI is InChI=1S/C10H16N2OS/c1-2-9-5-11-10(14)12(9)6-8-3-4-13-7-8/h5,8H,2-4,6-7H2,1H3,(H,11,14). The summed E-state index contributed by atoms with van der Waals surface area (Å²) in [6.07, 6.45) is 4.20. The fraction of sp³-hybridized carbons (Fsp3) is 0.700. The van der Waals surface area contributed by atoms with Crippen LogP contribution in [-0.4, -0.2) is 22.8 Å². The van der Waals surface area contributed by atoms with Gasteiger partial charge < -0.3 is 14.3 Å². The Kier molecular flexibility index (Phi) is 3.03. The second-order valence-corrected chi connectivity index (χ2v) is 4.17. The van der Waals surface area contributed by atoms with Gasteiger partial charge in [0.05, 0.1) is 6.61 Å². The minimum Gasteiger partial charge on any atom is -0.381 e. The van der Waals surface area contributed by atoms with Gasteiger partial charge in [0.15, 0.2) is 4.77 Å². The summed E-state index contributed by atoms with van der Waals surface area (Å²) in [5.74, 6) is 0.641. The van der Waals surface area contributed by atoms with E-state index in [0.29, 0.717) is 5.92 Å². The highest BCUT2D eigenvalue weighted by Crippen LogP contribution is 2.16. The predicted molar refractivity (Wildman–Crippen MR) is 57.9 cm³/mol. The van der Waals surface area contributed by atoms with Crippen LogP contribution in [-0.2, 0) is 17.7 Å². The second-order valence-electron chi connectivity index (χ2n) is 3.78. The number of aryl methyl sites for hydroxylation is 1. The summed E-state index contributed by atoms with van der Waals surface area (Å²) in [7, 11) is 0. The van der Waals surface area contributed by atoms with Gasteiger partial charge in [0.1, 0.15) is 0 Å². The number of hydrogen-bond acceptors (Lipinski definition) is 2. The van der Waals surface area contributed by atoms with Crippen LogP contribution in [0.4, 0.5) is 0 Å². The van der Waals surface area contributed by atoms with Crippen LogP contribution in [0, 0.1) is 10.7 Å². The molecule has 0 aromatic carbocycles. The summed E-state index contributed by atoms with van der Waals surface area (Å²) >= 11 is 5.24. The summed E-state index contributed by atoms with van der Waals surface area (Å²) in [5, 5.41) is 0. The number of H-pyrrole nitrogens is 1. The number of imidazole rings is 1. The van der Waals surface area contributed by atoms with Crippen molar-refractivity contribution in [1.29, 1.82) is 0 Å². The first-order valence-corrected chi connectivity index (χ1v) is 5.57. The lowest BCUT2D eigenvalue weighted by Gasteiger charge is -2.11. The zero-order valence-corrected chi connectivity index (χ0v) is 9.27. The number of aromatic nitrogens is 2. The third kappa shape index (κ3) is 1.91. The molecule has 3 nitrogen and oxygen atoms in total. The van der Waals surface area contributed by atoms with Crippen molar-refractivity contribution in [3.05, 3.63) is 16.7 Å². The molecule has 1 atom stereocenters. The maximum atomic E-state index is 5.36. The lowest BCUT2D eigenvalue weighted by atomic mass is 10.1. The smallest absolute Gasteiger partial charge is 0.177 e. The number of nitrogens with zero attached hydrogens (tertiary/aromatic N) is 1. The summed E-state index contributed by atoms with van der Waals surface area (Å²) < 4.78 is 8.41. The van der Waals surface area contributed by atoms with Gasteiger partial charge in [-0.15, -0.1) is 0 Å². The molecule has 4 heteroatoms. The molecule has 0 radical (unpaired) electrons. The summed E-state index contributed by atoms with van der Waals surface area (Å²) in [5.41, 5.74) is 1.29. The van der Waals surface area contributed by atoms with E-state index in [1.807, 2.05) is 6.20 Å². The fourth-order valence-electron chi connectivity index (χ4n) is 1.91. The van der Waals surface area contributed by atoms with Gasteiger partial charge in [-0.05, 0) is 25.1 Å². The molecule has 1 saturated heterocycles. The first-order valence-electron chi connectivity index (χ1n) is 5.16. The molecule has 78 valence electrons. The van der Waals surface area contributed by atoms with E-state index < -0.39 is 0 Å². The fourth-order valence-corrected chi connectivity index (χ4v) is 2.16. The van der Waals surface area contributed by atoms with Gasteiger partial charge in [-0.1, -0.05) is 6.92 Å². The third-order valence-electron chi connectivity index (χ3n) is 2.78. The highest BCUT2D eigenvalue weighted by Gasteiger charge is 2.17. The highest BCUT2D eigenvalue weighted by atomic mass is 32.1. The molecule has 1 aliphatic heterocycles. The highest BCUT2D eigenvalue weighted by molar-refractivity contribution is 7.71. The number of ether oxygens (including phenoxy) is 1. The zero-order chi connectivity index (χ0) is 9.97. The average molecular weight is 212 g/mol. The molecule has 0 aliphatic carbocycles. The average Bonchev–Trinajstić information content (AvgIpc) is 2.79. The number of rotatable bonds is 3. The maximum absolute atomic E-state index is 5.36. The van der Waals surface area contributed by atoms with E-state index in [2.05, 4.69) is 16.5 Å². The summed E-state index contributed by atoms with van der Waals surface area (Å²) in [6.45, 7) is 4.95. The Hall–Kier alpha value is -0.610. The molecule has 2 heterocycles. The van der Waals surface area contributed by atoms with Gasteiger partial charge >= 0.3 is 0 Å². The van der Waals surface area contributed by atoms with Gasteiger partial charge in [0.2, 0.25) is 0 Å². The van der Waals surface area contributed by atoms with E-state index in [1.54, 1.807) is 0 Å². The Morgan fingerprint density at radius 2 is 2.57 bits per heavy atom. The summed E-state index contributed by atoms with van der Waals surface area (Å²) in [6, 6.07) is 0.